The Labute approximate surface area is 317 Å². The fraction of sp³-hybridized carbons (Fsp3) is 0. The Morgan fingerprint density at radius 3 is 1.98 bits per heavy atom. The Hall–Kier alpha value is -6.60. The van der Waals surface area contributed by atoms with E-state index in [4.69, 9.17) is 9.97 Å². The zero-order valence-electron chi connectivity index (χ0n) is 28.8. The van der Waals surface area contributed by atoms with E-state index < -0.39 is 0 Å². The molecule has 0 N–H and O–H groups in total. The lowest BCUT2D eigenvalue weighted by atomic mass is 10.0. The van der Waals surface area contributed by atoms with Gasteiger partial charge in [0.05, 0.1) is 41.9 Å². The molecule has 5 heterocycles. The van der Waals surface area contributed by atoms with Crippen LogP contribution in [0.15, 0.2) is 170 Å². The van der Waals surface area contributed by atoms with E-state index in [1.165, 1.54) is 63.1 Å². The molecule has 0 bridgehead atoms. The zero-order valence-corrected chi connectivity index (χ0v) is 30.4. The Bertz CT molecular complexity index is 3440. The van der Waals surface area contributed by atoms with Crippen molar-refractivity contribution < 1.29 is 0 Å². The summed E-state index contributed by atoms with van der Waals surface area (Å²) in [6.07, 6.45) is 2.16. The fourth-order valence-corrected chi connectivity index (χ4v) is 10.9. The highest BCUT2D eigenvalue weighted by atomic mass is 32.1. The third-order valence-corrected chi connectivity index (χ3v) is 13.3. The lowest BCUT2D eigenvalue weighted by Crippen LogP contribution is -2.02. The van der Waals surface area contributed by atoms with Crippen LogP contribution in [0, 0.1) is 0 Å². The summed E-state index contributed by atoms with van der Waals surface area (Å²) in [7, 11) is 0. The van der Waals surface area contributed by atoms with Crippen molar-refractivity contribution in [2.75, 3.05) is 0 Å². The molecule has 0 amide bonds. The van der Waals surface area contributed by atoms with Gasteiger partial charge in [0, 0.05) is 54.5 Å². The number of fused-ring (bicyclic) bond motifs is 11. The van der Waals surface area contributed by atoms with Gasteiger partial charge < -0.3 is 4.57 Å². The van der Waals surface area contributed by atoms with Crippen LogP contribution in [-0.2, 0) is 0 Å². The molecule has 0 fully saturated rings. The first-order valence-corrected chi connectivity index (χ1v) is 19.7. The lowest BCUT2D eigenvalue weighted by Gasteiger charge is -2.10. The summed E-state index contributed by atoms with van der Waals surface area (Å²) in [5, 5.41) is 7.35. The molecule has 7 aromatic carbocycles. The predicted molar refractivity (Wildman–Crippen MR) is 230 cm³/mol. The molecule has 6 heteroatoms. The molecule has 12 rings (SSSR count). The maximum absolute atomic E-state index is 5.46. The van der Waals surface area contributed by atoms with Crippen LogP contribution in [0.2, 0.25) is 0 Å². The monoisotopic (exact) mass is 724 g/mol. The Morgan fingerprint density at radius 2 is 1.11 bits per heavy atom. The molecule has 0 unspecified atom stereocenters. The van der Waals surface area contributed by atoms with Crippen molar-refractivity contribution in [2.45, 2.75) is 0 Å². The van der Waals surface area contributed by atoms with Gasteiger partial charge in [0.1, 0.15) is 0 Å². The summed E-state index contributed by atoms with van der Waals surface area (Å²) < 4.78 is 9.52. The Balaban J connectivity index is 1.08. The van der Waals surface area contributed by atoms with Gasteiger partial charge >= 0.3 is 0 Å². The van der Waals surface area contributed by atoms with E-state index >= 15 is 0 Å². The number of thiophene rings is 2. The van der Waals surface area contributed by atoms with Gasteiger partial charge in [-0.25, -0.2) is 9.97 Å². The molecule has 54 heavy (non-hydrogen) atoms. The van der Waals surface area contributed by atoms with Gasteiger partial charge in [-0.15, -0.1) is 22.7 Å². The van der Waals surface area contributed by atoms with Gasteiger partial charge in [0.25, 0.3) is 0 Å². The van der Waals surface area contributed by atoms with E-state index in [9.17, 15) is 0 Å². The molecule has 0 aliphatic heterocycles. The first kappa shape index (κ1) is 29.9. The summed E-state index contributed by atoms with van der Waals surface area (Å²) in [5.74, 6) is 0.681. The van der Waals surface area contributed by atoms with Crippen LogP contribution in [0.4, 0.5) is 0 Å². The highest BCUT2D eigenvalue weighted by Crippen LogP contribution is 2.46. The third kappa shape index (κ3) is 4.35. The molecular formula is C48H28N4S2. The Kier molecular flexibility index (Phi) is 6.34. The molecule has 4 nitrogen and oxygen atoms in total. The number of rotatable bonds is 4. The summed E-state index contributed by atoms with van der Waals surface area (Å²) >= 11 is 3.69. The van der Waals surface area contributed by atoms with Crippen LogP contribution in [-0.4, -0.2) is 19.1 Å². The van der Waals surface area contributed by atoms with E-state index in [0.29, 0.717) is 5.95 Å². The van der Waals surface area contributed by atoms with Gasteiger partial charge in [0.2, 0.25) is 5.95 Å². The van der Waals surface area contributed by atoms with Gasteiger partial charge in [0.15, 0.2) is 0 Å². The molecule has 5 aromatic heterocycles. The van der Waals surface area contributed by atoms with E-state index in [-0.39, 0.29) is 0 Å². The minimum absolute atomic E-state index is 0.681. The van der Waals surface area contributed by atoms with Crippen molar-refractivity contribution in [2.24, 2.45) is 0 Å². The normalized spacial score (nSPS) is 12.1. The Morgan fingerprint density at radius 1 is 0.426 bits per heavy atom. The van der Waals surface area contributed by atoms with Crippen molar-refractivity contribution in [3.8, 4) is 34.0 Å². The van der Waals surface area contributed by atoms with Crippen LogP contribution in [0.3, 0.4) is 0 Å². The van der Waals surface area contributed by atoms with Crippen LogP contribution in [0.5, 0.6) is 0 Å². The van der Waals surface area contributed by atoms with E-state index in [1.54, 1.807) is 0 Å². The molecule has 0 saturated carbocycles. The van der Waals surface area contributed by atoms with E-state index in [1.807, 2.05) is 22.7 Å². The van der Waals surface area contributed by atoms with Gasteiger partial charge in [-0.3, -0.25) is 4.57 Å². The first-order chi connectivity index (χ1) is 26.8. The molecule has 252 valence electrons. The summed E-state index contributed by atoms with van der Waals surface area (Å²) in [6, 6.07) is 58.8. The summed E-state index contributed by atoms with van der Waals surface area (Å²) in [6.45, 7) is 0. The van der Waals surface area contributed by atoms with Crippen LogP contribution >= 0.6 is 22.7 Å². The van der Waals surface area contributed by atoms with E-state index in [0.717, 1.165) is 38.2 Å². The highest BCUT2D eigenvalue weighted by molar-refractivity contribution is 7.33. The van der Waals surface area contributed by atoms with Crippen molar-refractivity contribution >= 4 is 95.9 Å². The largest absolute Gasteiger partial charge is 0.317 e. The average molecular weight is 725 g/mol. The predicted octanol–water partition coefficient (Wildman–Crippen LogP) is 13.6. The second kappa shape index (κ2) is 11.4. The number of para-hydroxylation sites is 2. The van der Waals surface area contributed by atoms with Gasteiger partial charge in [-0.1, -0.05) is 109 Å². The average Bonchev–Trinajstić information content (AvgIpc) is 4.01. The number of benzene rings is 7. The maximum Gasteiger partial charge on any atom is 0.235 e. The molecule has 0 saturated heterocycles. The molecule has 0 aliphatic carbocycles. The summed E-state index contributed by atoms with van der Waals surface area (Å²) in [4.78, 5) is 10.9. The number of aromatic nitrogens is 4. The third-order valence-electron chi connectivity index (χ3n) is 10.8. The number of hydrogen-bond acceptors (Lipinski definition) is 4. The van der Waals surface area contributed by atoms with Crippen molar-refractivity contribution in [3.05, 3.63) is 170 Å². The lowest BCUT2D eigenvalue weighted by molar-refractivity contribution is 1.02. The smallest absolute Gasteiger partial charge is 0.235 e. The van der Waals surface area contributed by atoms with Crippen LogP contribution < -0.4 is 0 Å². The molecule has 0 spiro atoms. The first-order valence-electron chi connectivity index (χ1n) is 18.1. The van der Waals surface area contributed by atoms with Crippen molar-refractivity contribution in [1.82, 2.24) is 19.1 Å². The number of nitrogens with zero attached hydrogens (tertiary/aromatic N) is 4. The second-order valence-electron chi connectivity index (χ2n) is 13.8. The topological polar surface area (TPSA) is 35.6 Å². The minimum Gasteiger partial charge on any atom is -0.317 e. The quantitative estimate of drug-likeness (QED) is 0.181. The SMILES string of the molecule is c1ccc(-c2nc(-n3c4ccccc4c4cc(-c5ccc6c(ccn6-c6ccccc6)c5)ccc43)nc3c2sc2c3ccc3c4ccccc4sc32)cc1. The number of hydrogen-bond donors (Lipinski definition) is 0. The molecular weight excluding hydrogens is 697 g/mol. The molecule has 0 atom stereocenters. The fourth-order valence-electron chi connectivity index (χ4n) is 8.27. The molecule has 0 radical (unpaired) electrons. The van der Waals surface area contributed by atoms with Crippen LogP contribution in [0.25, 0.3) is 107 Å². The van der Waals surface area contributed by atoms with Crippen molar-refractivity contribution in [1.29, 1.82) is 0 Å². The standard InChI is InChI=1S/C48H28N4S2/c1-3-11-29(12-4-1)43-47-44(37-22-21-36-35-16-8-10-18-42(35)53-45(36)46(37)54-47)50-48(49-43)52-40-17-9-7-15-34(40)38-28-31(20-24-41(38)52)30-19-23-39-32(27-30)25-26-51(39)33-13-5-2-6-14-33/h1-28H. The highest BCUT2D eigenvalue weighted by Gasteiger charge is 2.22. The van der Waals surface area contributed by atoms with Gasteiger partial charge in [-0.05, 0) is 65.7 Å². The van der Waals surface area contributed by atoms with Crippen molar-refractivity contribution in [3.63, 3.8) is 0 Å². The summed E-state index contributed by atoms with van der Waals surface area (Å²) in [5.41, 5.74) is 9.94. The second-order valence-corrected chi connectivity index (χ2v) is 15.9. The zero-order chi connectivity index (χ0) is 35.3. The van der Waals surface area contributed by atoms with E-state index in [2.05, 4.69) is 179 Å². The molecule has 0 aliphatic rings. The maximum atomic E-state index is 5.46. The van der Waals surface area contributed by atoms with Crippen LogP contribution in [0.1, 0.15) is 0 Å². The van der Waals surface area contributed by atoms with Gasteiger partial charge in [-0.2, -0.15) is 0 Å². The molecule has 12 aromatic rings. The minimum atomic E-state index is 0.681.